The summed E-state index contributed by atoms with van der Waals surface area (Å²) in [5.74, 6) is 0. The Bertz CT molecular complexity index is 321. The van der Waals surface area contributed by atoms with Gasteiger partial charge in [0, 0.05) is 23.9 Å². The van der Waals surface area contributed by atoms with Gasteiger partial charge in [0.25, 0.3) is 0 Å². The van der Waals surface area contributed by atoms with Gasteiger partial charge in [0.1, 0.15) is 0 Å². The Morgan fingerprint density at radius 1 is 1.50 bits per heavy atom. The maximum atomic E-state index is 5.95. The molecule has 5 heteroatoms. The molecule has 0 radical (unpaired) electrons. The normalized spacial score (nSPS) is 15.6. The van der Waals surface area contributed by atoms with Gasteiger partial charge in [-0.3, -0.25) is 0 Å². The van der Waals surface area contributed by atoms with E-state index in [1.54, 1.807) is 11.3 Å². The molecule has 0 amide bonds. The molecule has 1 saturated carbocycles. The van der Waals surface area contributed by atoms with E-state index in [4.69, 9.17) is 16.3 Å². The molecule has 1 aromatic heterocycles. The van der Waals surface area contributed by atoms with Gasteiger partial charge in [-0.1, -0.05) is 11.6 Å². The fraction of sp³-hybridized carbons (Fsp3) is 0.636. The standard InChI is InChI=1S/C11H15BrClNOS/c12-11-10(13)7-9(16-11)3-5-15-6-4-14-8-1-2-8/h7-8,14H,1-6H2. The summed E-state index contributed by atoms with van der Waals surface area (Å²) in [6, 6.07) is 2.78. The van der Waals surface area contributed by atoms with Crippen LogP contribution in [0.25, 0.3) is 0 Å². The summed E-state index contributed by atoms with van der Waals surface area (Å²) in [7, 11) is 0. The molecule has 0 atom stereocenters. The van der Waals surface area contributed by atoms with E-state index >= 15 is 0 Å². The molecule has 1 aromatic rings. The van der Waals surface area contributed by atoms with Crippen molar-refractivity contribution in [2.24, 2.45) is 0 Å². The Balaban J connectivity index is 1.53. The Labute approximate surface area is 113 Å². The Kier molecular flexibility index (Phi) is 5.10. The molecule has 0 saturated heterocycles. The van der Waals surface area contributed by atoms with Crippen molar-refractivity contribution >= 4 is 38.9 Å². The predicted molar refractivity (Wildman–Crippen MR) is 72.6 cm³/mol. The highest BCUT2D eigenvalue weighted by Crippen LogP contribution is 2.32. The maximum Gasteiger partial charge on any atom is 0.0887 e. The molecular weight excluding hydrogens is 310 g/mol. The first-order valence-corrected chi connectivity index (χ1v) is 7.49. The van der Waals surface area contributed by atoms with Gasteiger partial charge < -0.3 is 10.1 Å². The fourth-order valence-electron chi connectivity index (χ4n) is 1.41. The first kappa shape index (κ1) is 12.8. The summed E-state index contributed by atoms with van der Waals surface area (Å²) in [6.07, 6.45) is 3.61. The van der Waals surface area contributed by atoms with Crippen LogP contribution in [0.15, 0.2) is 9.85 Å². The summed E-state index contributed by atoms with van der Waals surface area (Å²) in [5, 5.41) is 4.22. The van der Waals surface area contributed by atoms with Crippen LogP contribution in [0.3, 0.4) is 0 Å². The van der Waals surface area contributed by atoms with Crippen molar-refractivity contribution in [2.45, 2.75) is 25.3 Å². The lowest BCUT2D eigenvalue weighted by Gasteiger charge is -2.03. The predicted octanol–water partition coefficient (Wildman–Crippen LogP) is 3.48. The van der Waals surface area contributed by atoms with Crippen molar-refractivity contribution in [2.75, 3.05) is 19.8 Å². The topological polar surface area (TPSA) is 21.3 Å². The average molecular weight is 325 g/mol. The third-order valence-corrected chi connectivity index (χ3v) is 4.98. The molecule has 1 N–H and O–H groups in total. The Morgan fingerprint density at radius 2 is 2.31 bits per heavy atom. The number of rotatable bonds is 7. The van der Waals surface area contributed by atoms with E-state index in [1.807, 2.05) is 6.07 Å². The fourth-order valence-corrected chi connectivity index (χ4v) is 3.21. The molecule has 2 rings (SSSR count). The van der Waals surface area contributed by atoms with Crippen molar-refractivity contribution in [1.82, 2.24) is 5.32 Å². The van der Waals surface area contributed by atoms with E-state index in [2.05, 4.69) is 21.2 Å². The summed E-state index contributed by atoms with van der Waals surface area (Å²) >= 11 is 11.0. The largest absolute Gasteiger partial charge is 0.380 e. The van der Waals surface area contributed by atoms with Gasteiger partial charge in [0.05, 0.1) is 22.0 Å². The minimum absolute atomic E-state index is 0.773. The molecule has 0 bridgehead atoms. The summed E-state index contributed by atoms with van der Waals surface area (Å²) in [6.45, 7) is 2.55. The minimum atomic E-state index is 0.773. The van der Waals surface area contributed by atoms with Crippen molar-refractivity contribution in [3.63, 3.8) is 0 Å². The first-order valence-electron chi connectivity index (χ1n) is 5.50. The number of halogens is 2. The molecule has 1 aliphatic carbocycles. The van der Waals surface area contributed by atoms with Crippen LogP contribution in [0, 0.1) is 0 Å². The van der Waals surface area contributed by atoms with Crippen molar-refractivity contribution in [1.29, 1.82) is 0 Å². The van der Waals surface area contributed by atoms with E-state index < -0.39 is 0 Å². The minimum Gasteiger partial charge on any atom is -0.380 e. The summed E-state index contributed by atoms with van der Waals surface area (Å²) < 4.78 is 6.56. The summed E-state index contributed by atoms with van der Waals surface area (Å²) in [5.41, 5.74) is 0. The molecule has 0 unspecified atom stereocenters. The van der Waals surface area contributed by atoms with Gasteiger partial charge in [-0.15, -0.1) is 11.3 Å². The molecule has 90 valence electrons. The molecule has 16 heavy (non-hydrogen) atoms. The van der Waals surface area contributed by atoms with Gasteiger partial charge in [-0.2, -0.15) is 0 Å². The summed E-state index contributed by atoms with van der Waals surface area (Å²) in [4.78, 5) is 1.27. The van der Waals surface area contributed by atoms with Crippen LogP contribution in [0.4, 0.5) is 0 Å². The van der Waals surface area contributed by atoms with Crippen LogP contribution < -0.4 is 5.32 Å². The van der Waals surface area contributed by atoms with Gasteiger partial charge in [-0.05, 0) is 34.8 Å². The van der Waals surface area contributed by atoms with Crippen LogP contribution in [0.2, 0.25) is 5.02 Å². The van der Waals surface area contributed by atoms with E-state index in [1.165, 1.54) is 17.7 Å². The quantitative estimate of drug-likeness (QED) is 0.775. The van der Waals surface area contributed by atoms with Gasteiger partial charge in [-0.25, -0.2) is 0 Å². The zero-order chi connectivity index (χ0) is 11.4. The molecule has 0 aromatic carbocycles. The van der Waals surface area contributed by atoms with Crippen molar-refractivity contribution in [3.8, 4) is 0 Å². The van der Waals surface area contributed by atoms with E-state index in [0.29, 0.717) is 0 Å². The van der Waals surface area contributed by atoms with E-state index in [9.17, 15) is 0 Å². The van der Waals surface area contributed by atoms with E-state index in [-0.39, 0.29) is 0 Å². The molecule has 0 spiro atoms. The number of ether oxygens (including phenoxy) is 1. The molecule has 2 nitrogen and oxygen atoms in total. The number of nitrogens with one attached hydrogen (secondary N) is 1. The van der Waals surface area contributed by atoms with Crippen LogP contribution in [-0.2, 0) is 11.2 Å². The number of hydrogen-bond donors (Lipinski definition) is 1. The second kappa shape index (κ2) is 6.36. The van der Waals surface area contributed by atoms with Gasteiger partial charge in [0.2, 0.25) is 0 Å². The smallest absolute Gasteiger partial charge is 0.0887 e. The molecule has 1 aliphatic rings. The zero-order valence-corrected chi connectivity index (χ0v) is 12.1. The lowest BCUT2D eigenvalue weighted by atomic mass is 10.4. The third kappa shape index (κ3) is 4.34. The van der Waals surface area contributed by atoms with Crippen LogP contribution in [-0.4, -0.2) is 25.8 Å². The second-order valence-electron chi connectivity index (χ2n) is 3.93. The van der Waals surface area contributed by atoms with Gasteiger partial charge in [0.15, 0.2) is 0 Å². The monoisotopic (exact) mass is 323 g/mol. The highest BCUT2D eigenvalue weighted by atomic mass is 79.9. The molecular formula is C11H15BrClNOS. The lowest BCUT2D eigenvalue weighted by molar-refractivity contribution is 0.139. The van der Waals surface area contributed by atoms with Crippen LogP contribution in [0.1, 0.15) is 17.7 Å². The van der Waals surface area contributed by atoms with Crippen LogP contribution >= 0.6 is 38.9 Å². The zero-order valence-electron chi connectivity index (χ0n) is 8.97. The van der Waals surface area contributed by atoms with Crippen molar-refractivity contribution < 1.29 is 4.74 Å². The van der Waals surface area contributed by atoms with Gasteiger partial charge >= 0.3 is 0 Å². The van der Waals surface area contributed by atoms with E-state index in [0.717, 1.165) is 41.0 Å². The molecule has 1 fully saturated rings. The molecule has 1 heterocycles. The number of thiophene rings is 1. The molecule has 0 aliphatic heterocycles. The lowest BCUT2D eigenvalue weighted by Crippen LogP contribution is -2.22. The second-order valence-corrected chi connectivity index (χ2v) is 6.79. The highest BCUT2D eigenvalue weighted by Gasteiger charge is 2.19. The Morgan fingerprint density at radius 3 is 2.94 bits per heavy atom. The maximum absolute atomic E-state index is 5.95. The number of hydrogen-bond acceptors (Lipinski definition) is 3. The highest BCUT2D eigenvalue weighted by molar-refractivity contribution is 9.11. The average Bonchev–Trinajstić information content (AvgIpc) is 3.01. The third-order valence-electron chi connectivity index (χ3n) is 2.45. The Hall–Kier alpha value is 0.390. The van der Waals surface area contributed by atoms with Crippen LogP contribution in [0.5, 0.6) is 0 Å². The first-order chi connectivity index (χ1) is 7.75. The SMILES string of the molecule is Clc1cc(CCOCCNC2CC2)sc1Br. The van der Waals surface area contributed by atoms with Crippen molar-refractivity contribution in [3.05, 3.63) is 19.8 Å².